The molecule has 0 amide bonds. The topological polar surface area (TPSA) is 48.5 Å². The molecular formula is C69H43N5. The number of nitrogens with zero attached hydrogens (tertiary/aromatic N) is 5. The molecule has 0 fully saturated rings. The molecule has 344 valence electrons. The van der Waals surface area contributed by atoms with Gasteiger partial charge in [-0.25, -0.2) is 4.98 Å². The maximum absolute atomic E-state index is 5.53. The highest BCUT2D eigenvalue weighted by molar-refractivity contribution is 6.30. The van der Waals surface area contributed by atoms with Crippen molar-refractivity contribution >= 4 is 75.9 Å². The molecule has 0 radical (unpaired) electrons. The van der Waals surface area contributed by atoms with Crippen LogP contribution >= 0.6 is 0 Å². The van der Waals surface area contributed by atoms with Gasteiger partial charge in [0, 0.05) is 38.4 Å². The summed E-state index contributed by atoms with van der Waals surface area (Å²) in [5.41, 5.74) is 14.0. The van der Waals surface area contributed by atoms with Gasteiger partial charge in [0.25, 0.3) is 0 Å². The molecule has 0 aliphatic rings. The first-order chi connectivity index (χ1) is 36.7. The summed E-state index contributed by atoms with van der Waals surface area (Å²) >= 11 is 0. The molecule has 0 spiro atoms. The molecule has 12 aromatic carbocycles. The second-order valence-corrected chi connectivity index (χ2v) is 19.1. The zero-order valence-corrected chi connectivity index (χ0v) is 40.1. The van der Waals surface area contributed by atoms with Gasteiger partial charge in [0.2, 0.25) is 5.95 Å². The molecule has 3 aromatic heterocycles. The summed E-state index contributed by atoms with van der Waals surface area (Å²) in [5, 5.41) is 12.0. The lowest BCUT2D eigenvalue weighted by Gasteiger charge is -2.15. The second kappa shape index (κ2) is 16.8. The number of hydrogen-bond acceptors (Lipinski definition) is 3. The van der Waals surface area contributed by atoms with Crippen molar-refractivity contribution < 1.29 is 0 Å². The van der Waals surface area contributed by atoms with E-state index in [0.717, 1.165) is 82.7 Å². The van der Waals surface area contributed by atoms with Crippen LogP contribution in [0, 0.1) is 0 Å². The molecule has 3 heterocycles. The Morgan fingerprint density at radius 3 is 1.35 bits per heavy atom. The van der Waals surface area contributed by atoms with Crippen molar-refractivity contribution in [3.63, 3.8) is 0 Å². The van der Waals surface area contributed by atoms with Crippen LogP contribution < -0.4 is 0 Å². The molecule has 5 heteroatoms. The molecule has 5 nitrogen and oxygen atoms in total. The molecule has 0 bridgehead atoms. The molecule has 74 heavy (non-hydrogen) atoms. The molecule has 0 saturated carbocycles. The summed E-state index contributed by atoms with van der Waals surface area (Å²) < 4.78 is 4.74. The Hall–Kier alpha value is -9.97. The predicted molar refractivity (Wildman–Crippen MR) is 308 cm³/mol. The highest BCUT2D eigenvalue weighted by Gasteiger charge is 2.26. The van der Waals surface area contributed by atoms with Crippen molar-refractivity contribution in [3.05, 3.63) is 261 Å². The monoisotopic (exact) mass is 941 g/mol. The van der Waals surface area contributed by atoms with E-state index < -0.39 is 0 Å². The maximum atomic E-state index is 5.53. The van der Waals surface area contributed by atoms with Crippen LogP contribution in [0.5, 0.6) is 0 Å². The number of para-hydroxylation sites is 3. The predicted octanol–water partition coefficient (Wildman–Crippen LogP) is 17.9. The van der Waals surface area contributed by atoms with Gasteiger partial charge in [0.15, 0.2) is 11.6 Å². The Kier molecular flexibility index (Phi) is 9.50. The third-order valence-corrected chi connectivity index (χ3v) is 14.9. The van der Waals surface area contributed by atoms with Gasteiger partial charge in [-0.3, -0.25) is 4.57 Å². The highest BCUT2D eigenvalue weighted by atomic mass is 15.2. The molecule has 0 N–H and O–H groups in total. The summed E-state index contributed by atoms with van der Waals surface area (Å²) in [6.45, 7) is 0. The van der Waals surface area contributed by atoms with Crippen molar-refractivity contribution in [2.45, 2.75) is 0 Å². The largest absolute Gasteiger partial charge is 0.307 e. The SMILES string of the molecule is c1ccc(-c2cccc(-c3cccc(-c4nc(-c5ccccc5)nc(-n5c6ccccc6c6cc(-c7ccc8c9ccccc9c9ccccc9c8c7)c7c8ccccc8n(-c8ccccc8)c7c65)n4)c3)c2)cc1. The minimum absolute atomic E-state index is 0.541. The zero-order valence-electron chi connectivity index (χ0n) is 40.1. The molecule has 0 atom stereocenters. The van der Waals surface area contributed by atoms with Crippen LogP contribution in [0.15, 0.2) is 261 Å². The van der Waals surface area contributed by atoms with E-state index in [4.69, 9.17) is 15.0 Å². The van der Waals surface area contributed by atoms with Crippen molar-refractivity contribution in [1.82, 2.24) is 24.1 Å². The quantitative estimate of drug-likeness (QED) is 0.150. The summed E-state index contributed by atoms with van der Waals surface area (Å²) in [4.78, 5) is 16.3. The van der Waals surface area contributed by atoms with E-state index in [9.17, 15) is 0 Å². The maximum Gasteiger partial charge on any atom is 0.238 e. The van der Waals surface area contributed by atoms with Gasteiger partial charge in [-0.15, -0.1) is 0 Å². The minimum Gasteiger partial charge on any atom is -0.307 e. The molecule has 15 aromatic rings. The van der Waals surface area contributed by atoms with Crippen molar-refractivity contribution in [1.29, 1.82) is 0 Å². The number of aromatic nitrogens is 5. The lowest BCUT2D eigenvalue weighted by Crippen LogP contribution is -2.07. The fourth-order valence-corrected chi connectivity index (χ4v) is 11.6. The first-order valence-electron chi connectivity index (χ1n) is 25.2. The Morgan fingerprint density at radius 1 is 0.243 bits per heavy atom. The van der Waals surface area contributed by atoms with Gasteiger partial charge in [-0.2, -0.15) is 9.97 Å². The van der Waals surface area contributed by atoms with Gasteiger partial charge in [0.05, 0.1) is 22.1 Å². The van der Waals surface area contributed by atoms with Crippen LogP contribution in [0.25, 0.3) is 144 Å². The molecule has 0 aliphatic carbocycles. The molecule has 0 aliphatic heterocycles. The van der Waals surface area contributed by atoms with Crippen LogP contribution in [-0.4, -0.2) is 24.1 Å². The van der Waals surface area contributed by atoms with Crippen LogP contribution in [0.2, 0.25) is 0 Å². The van der Waals surface area contributed by atoms with Gasteiger partial charge >= 0.3 is 0 Å². The lowest BCUT2D eigenvalue weighted by atomic mass is 9.90. The van der Waals surface area contributed by atoms with E-state index in [1.165, 1.54) is 43.4 Å². The normalized spacial score (nSPS) is 11.8. The fraction of sp³-hybridized carbons (Fsp3) is 0. The Bertz CT molecular complexity index is 4670. The Morgan fingerprint density at radius 2 is 0.703 bits per heavy atom. The number of hydrogen-bond donors (Lipinski definition) is 0. The summed E-state index contributed by atoms with van der Waals surface area (Å²) in [5.74, 6) is 1.73. The number of benzene rings is 12. The number of fused-ring (bicyclic) bond motifs is 13. The van der Waals surface area contributed by atoms with Crippen molar-refractivity contribution in [3.8, 4) is 67.8 Å². The van der Waals surface area contributed by atoms with E-state index in [-0.39, 0.29) is 0 Å². The third-order valence-electron chi connectivity index (χ3n) is 14.9. The highest BCUT2D eigenvalue weighted by Crippen LogP contribution is 2.47. The van der Waals surface area contributed by atoms with Crippen LogP contribution in [0.1, 0.15) is 0 Å². The van der Waals surface area contributed by atoms with Crippen molar-refractivity contribution in [2.24, 2.45) is 0 Å². The molecule has 0 saturated heterocycles. The molecular weight excluding hydrogens is 899 g/mol. The summed E-state index contributed by atoms with van der Waals surface area (Å²) in [6.07, 6.45) is 0. The van der Waals surface area contributed by atoms with E-state index in [1.807, 2.05) is 18.2 Å². The average molecular weight is 942 g/mol. The lowest BCUT2D eigenvalue weighted by molar-refractivity contribution is 0.953. The van der Waals surface area contributed by atoms with E-state index in [0.29, 0.717) is 17.6 Å². The fourth-order valence-electron chi connectivity index (χ4n) is 11.6. The van der Waals surface area contributed by atoms with E-state index in [2.05, 4.69) is 252 Å². The standard InChI is InChI=1S/C69H43N5/c1-4-20-44(21-5-1)46-24-18-25-47(40-46)48-26-19-27-50(41-48)68-70-67(45-22-6-2-7-23-45)71-69(72-68)74-62-36-16-14-34-57(62)61-43-59(64-58-35-15-17-37-63(58)73(66(64)65(61)74)51-28-8-3-9-29-51)49-38-39-56-54-32-11-10-30-52(54)53-31-12-13-33-55(53)60(56)42-49/h1-43H. The van der Waals surface area contributed by atoms with E-state index in [1.54, 1.807) is 0 Å². The summed E-state index contributed by atoms with van der Waals surface area (Å²) in [6, 6.07) is 93.6. The van der Waals surface area contributed by atoms with Gasteiger partial charge in [0.1, 0.15) is 0 Å². The Labute approximate surface area is 426 Å². The van der Waals surface area contributed by atoms with Gasteiger partial charge in [-0.05, 0) is 114 Å². The van der Waals surface area contributed by atoms with Crippen LogP contribution in [0.4, 0.5) is 0 Å². The van der Waals surface area contributed by atoms with E-state index >= 15 is 0 Å². The smallest absolute Gasteiger partial charge is 0.238 e. The number of rotatable bonds is 7. The zero-order chi connectivity index (χ0) is 48.7. The average Bonchev–Trinajstić information content (AvgIpc) is 4.10. The van der Waals surface area contributed by atoms with Crippen molar-refractivity contribution in [2.75, 3.05) is 0 Å². The minimum atomic E-state index is 0.541. The Balaban J connectivity index is 1.04. The van der Waals surface area contributed by atoms with Gasteiger partial charge < -0.3 is 4.57 Å². The van der Waals surface area contributed by atoms with Crippen LogP contribution in [-0.2, 0) is 0 Å². The first kappa shape index (κ1) is 41.8. The third kappa shape index (κ3) is 6.60. The molecule has 15 rings (SSSR count). The molecule has 0 unspecified atom stereocenters. The first-order valence-corrected chi connectivity index (χ1v) is 25.2. The van der Waals surface area contributed by atoms with Gasteiger partial charge in [-0.1, -0.05) is 212 Å². The second-order valence-electron chi connectivity index (χ2n) is 19.1. The van der Waals surface area contributed by atoms with Crippen LogP contribution in [0.3, 0.4) is 0 Å². The summed E-state index contributed by atoms with van der Waals surface area (Å²) in [7, 11) is 0.